The van der Waals surface area contributed by atoms with Crippen LogP contribution in [0.3, 0.4) is 0 Å². The van der Waals surface area contributed by atoms with Crippen LogP contribution in [0.2, 0.25) is 0 Å². The molecule has 2 N–H and O–H groups in total. The Morgan fingerprint density at radius 3 is 3.11 bits per heavy atom. The van der Waals surface area contributed by atoms with Crippen LogP contribution in [0.15, 0.2) is 18.2 Å². The average molecular weight is 261 g/mol. The molecule has 0 saturated carbocycles. The molecule has 3 heteroatoms. The fourth-order valence-corrected chi connectivity index (χ4v) is 3.33. The second-order valence-electron chi connectivity index (χ2n) is 6.11. The number of nitrogens with one attached hydrogen (secondary N) is 1. The zero-order valence-electron chi connectivity index (χ0n) is 11.6. The van der Waals surface area contributed by atoms with E-state index in [2.05, 4.69) is 18.3 Å². The molecule has 1 aliphatic heterocycles. The molecule has 1 aromatic rings. The van der Waals surface area contributed by atoms with Gasteiger partial charge in [0.25, 0.3) is 0 Å². The zero-order valence-corrected chi connectivity index (χ0v) is 11.6. The number of hydrogen-bond donors (Lipinski definition) is 2. The molecule has 3 nitrogen and oxygen atoms in total. The predicted molar refractivity (Wildman–Crippen MR) is 75.4 cm³/mol. The highest BCUT2D eigenvalue weighted by Gasteiger charge is 2.31. The molecule has 3 rings (SSSR count). The van der Waals surface area contributed by atoms with Gasteiger partial charge in [0, 0.05) is 19.2 Å². The Morgan fingerprint density at radius 2 is 2.32 bits per heavy atom. The molecule has 19 heavy (non-hydrogen) atoms. The molecule has 104 valence electrons. The summed E-state index contributed by atoms with van der Waals surface area (Å²) in [4.78, 5) is 0. The lowest BCUT2D eigenvalue weighted by Gasteiger charge is -2.31. The predicted octanol–water partition coefficient (Wildman–Crippen LogP) is 2.93. The average Bonchev–Trinajstić information content (AvgIpc) is 2.83. The van der Waals surface area contributed by atoms with E-state index in [0.29, 0.717) is 11.8 Å². The van der Waals surface area contributed by atoms with Gasteiger partial charge in [-0.05, 0) is 62.3 Å². The first kappa shape index (κ1) is 12.9. The minimum Gasteiger partial charge on any atom is -0.508 e. The van der Waals surface area contributed by atoms with Gasteiger partial charge in [-0.15, -0.1) is 0 Å². The van der Waals surface area contributed by atoms with Crippen molar-refractivity contribution in [2.45, 2.75) is 50.7 Å². The first-order chi connectivity index (χ1) is 9.16. The molecule has 0 aromatic heterocycles. The van der Waals surface area contributed by atoms with E-state index < -0.39 is 0 Å². The molecule has 1 aromatic carbocycles. The summed E-state index contributed by atoms with van der Waals surface area (Å²) in [5.41, 5.74) is 2.65. The quantitative estimate of drug-likeness (QED) is 0.879. The van der Waals surface area contributed by atoms with Crippen LogP contribution in [0, 0.1) is 0 Å². The van der Waals surface area contributed by atoms with Crippen molar-refractivity contribution >= 4 is 0 Å². The Hall–Kier alpha value is -1.06. The number of aryl methyl sites for hydroxylation is 1. The molecule has 0 radical (unpaired) electrons. The SMILES string of the molecule is CC1(CNC2CCCc3cc(O)ccc32)CCCO1. The number of fused-ring (bicyclic) bond motifs is 1. The summed E-state index contributed by atoms with van der Waals surface area (Å²) < 4.78 is 5.84. The van der Waals surface area contributed by atoms with Crippen LogP contribution in [0.5, 0.6) is 5.75 Å². The molecule has 2 atom stereocenters. The van der Waals surface area contributed by atoms with Crippen LogP contribution in [-0.4, -0.2) is 23.9 Å². The summed E-state index contributed by atoms with van der Waals surface area (Å²) in [5.74, 6) is 0.380. The molecule has 1 saturated heterocycles. The molecule has 0 bridgehead atoms. The van der Waals surface area contributed by atoms with Crippen molar-refractivity contribution < 1.29 is 9.84 Å². The Labute approximate surface area is 115 Å². The molecule has 1 fully saturated rings. The van der Waals surface area contributed by atoms with Gasteiger partial charge in [-0.25, -0.2) is 0 Å². The van der Waals surface area contributed by atoms with Gasteiger partial charge < -0.3 is 15.2 Å². The summed E-state index contributed by atoms with van der Waals surface area (Å²) in [5, 5.41) is 13.3. The highest BCUT2D eigenvalue weighted by atomic mass is 16.5. The van der Waals surface area contributed by atoms with Crippen LogP contribution >= 0.6 is 0 Å². The van der Waals surface area contributed by atoms with Crippen molar-refractivity contribution in [2.75, 3.05) is 13.2 Å². The Bertz CT molecular complexity index is 452. The number of phenols is 1. The van der Waals surface area contributed by atoms with Crippen molar-refractivity contribution in [3.8, 4) is 5.75 Å². The van der Waals surface area contributed by atoms with Crippen molar-refractivity contribution in [1.29, 1.82) is 0 Å². The van der Waals surface area contributed by atoms with Crippen molar-refractivity contribution in [1.82, 2.24) is 5.32 Å². The van der Waals surface area contributed by atoms with E-state index in [-0.39, 0.29) is 5.60 Å². The highest BCUT2D eigenvalue weighted by Crippen LogP contribution is 2.33. The zero-order chi connectivity index (χ0) is 13.3. The van der Waals surface area contributed by atoms with E-state index >= 15 is 0 Å². The smallest absolute Gasteiger partial charge is 0.115 e. The van der Waals surface area contributed by atoms with Gasteiger partial charge in [-0.2, -0.15) is 0 Å². The lowest BCUT2D eigenvalue weighted by atomic mass is 9.87. The van der Waals surface area contributed by atoms with Gasteiger partial charge in [-0.1, -0.05) is 6.07 Å². The Morgan fingerprint density at radius 1 is 1.42 bits per heavy atom. The van der Waals surface area contributed by atoms with E-state index in [4.69, 9.17) is 4.74 Å². The number of benzene rings is 1. The maximum atomic E-state index is 9.58. The van der Waals surface area contributed by atoms with Gasteiger partial charge in [0.2, 0.25) is 0 Å². The standard InChI is InChI=1S/C16H23NO2/c1-16(8-3-9-19-16)11-17-15-5-2-4-12-10-13(18)6-7-14(12)15/h6-7,10,15,17-18H,2-5,8-9,11H2,1H3. The van der Waals surface area contributed by atoms with Gasteiger partial charge >= 0.3 is 0 Å². The number of hydrogen-bond acceptors (Lipinski definition) is 3. The van der Waals surface area contributed by atoms with Crippen molar-refractivity contribution in [3.63, 3.8) is 0 Å². The minimum absolute atomic E-state index is 0.00846. The molecule has 2 aliphatic rings. The van der Waals surface area contributed by atoms with Gasteiger partial charge in [-0.3, -0.25) is 0 Å². The monoisotopic (exact) mass is 261 g/mol. The largest absolute Gasteiger partial charge is 0.508 e. The molecule has 1 aliphatic carbocycles. The first-order valence-electron chi connectivity index (χ1n) is 7.35. The molecule has 0 amide bonds. The van der Waals surface area contributed by atoms with Crippen molar-refractivity contribution in [2.24, 2.45) is 0 Å². The third-order valence-corrected chi connectivity index (χ3v) is 4.46. The maximum Gasteiger partial charge on any atom is 0.115 e. The summed E-state index contributed by atoms with van der Waals surface area (Å²) in [6, 6.07) is 6.19. The fourth-order valence-electron chi connectivity index (χ4n) is 3.33. The molecule has 0 spiro atoms. The van der Waals surface area contributed by atoms with Crippen LogP contribution in [0.25, 0.3) is 0 Å². The van der Waals surface area contributed by atoms with Gasteiger partial charge in [0.1, 0.15) is 5.75 Å². The number of ether oxygens (including phenoxy) is 1. The third-order valence-electron chi connectivity index (χ3n) is 4.46. The van der Waals surface area contributed by atoms with E-state index in [1.807, 2.05) is 6.07 Å². The topological polar surface area (TPSA) is 41.5 Å². The summed E-state index contributed by atoms with van der Waals surface area (Å²) >= 11 is 0. The lowest BCUT2D eigenvalue weighted by molar-refractivity contribution is 0.0183. The molecular weight excluding hydrogens is 238 g/mol. The van der Waals surface area contributed by atoms with Crippen LogP contribution in [0.1, 0.15) is 49.8 Å². The summed E-state index contributed by atoms with van der Waals surface area (Å²) in [6.45, 7) is 4.01. The van der Waals surface area contributed by atoms with E-state index in [0.717, 1.165) is 26.0 Å². The second kappa shape index (κ2) is 5.14. The van der Waals surface area contributed by atoms with Crippen LogP contribution in [0.4, 0.5) is 0 Å². The Balaban J connectivity index is 1.69. The highest BCUT2D eigenvalue weighted by molar-refractivity contribution is 5.38. The van der Waals surface area contributed by atoms with Gasteiger partial charge in [0.05, 0.1) is 5.60 Å². The maximum absolute atomic E-state index is 9.58. The summed E-state index contributed by atoms with van der Waals surface area (Å²) in [6.07, 6.45) is 5.76. The lowest BCUT2D eigenvalue weighted by Crippen LogP contribution is -2.39. The third kappa shape index (κ3) is 2.77. The number of phenolic OH excluding ortho intramolecular Hbond substituents is 1. The first-order valence-corrected chi connectivity index (χ1v) is 7.35. The molecular formula is C16H23NO2. The summed E-state index contributed by atoms with van der Waals surface area (Å²) in [7, 11) is 0. The van der Waals surface area contributed by atoms with E-state index in [1.165, 1.54) is 30.4 Å². The normalized spacial score (nSPS) is 30.3. The number of aromatic hydroxyl groups is 1. The van der Waals surface area contributed by atoms with Gasteiger partial charge in [0.15, 0.2) is 0 Å². The van der Waals surface area contributed by atoms with Crippen LogP contribution in [-0.2, 0) is 11.2 Å². The van der Waals surface area contributed by atoms with E-state index in [9.17, 15) is 5.11 Å². The minimum atomic E-state index is 0.00846. The molecule has 2 unspecified atom stereocenters. The van der Waals surface area contributed by atoms with E-state index in [1.54, 1.807) is 6.07 Å². The second-order valence-corrected chi connectivity index (χ2v) is 6.11. The molecule has 1 heterocycles. The van der Waals surface area contributed by atoms with Crippen molar-refractivity contribution in [3.05, 3.63) is 29.3 Å². The number of rotatable bonds is 3. The van der Waals surface area contributed by atoms with Crippen LogP contribution < -0.4 is 5.32 Å². The Kier molecular flexibility index (Phi) is 3.50. The fraction of sp³-hybridized carbons (Fsp3) is 0.625.